The number of nitrogens with two attached hydrogens (primary N) is 1. The van der Waals surface area contributed by atoms with E-state index in [4.69, 9.17) is 22.1 Å². The lowest BCUT2D eigenvalue weighted by atomic mass is 10.3. The van der Waals surface area contributed by atoms with Crippen LogP contribution in [-0.2, 0) is 10.0 Å². The molecule has 0 aliphatic heterocycles. The van der Waals surface area contributed by atoms with E-state index >= 15 is 0 Å². The Morgan fingerprint density at radius 2 is 2.25 bits per heavy atom. The fourth-order valence-electron chi connectivity index (χ4n) is 1.55. The summed E-state index contributed by atoms with van der Waals surface area (Å²) in [6, 6.07) is 4.59. The van der Waals surface area contributed by atoms with E-state index in [-0.39, 0.29) is 10.7 Å². The van der Waals surface area contributed by atoms with Gasteiger partial charge in [-0.2, -0.15) is 5.10 Å². The second kappa shape index (κ2) is 5.59. The van der Waals surface area contributed by atoms with Gasteiger partial charge in [0.1, 0.15) is 16.5 Å². The number of halogens is 1. The molecule has 1 heterocycles. The van der Waals surface area contributed by atoms with Gasteiger partial charge in [0.05, 0.1) is 23.5 Å². The number of aromatic amines is 1. The van der Waals surface area contributed by atoms with Crippen LogP contribution in [0.5, 0.6) is 5.75 Å². The zero-order valence-corrected chi connectivity index (χ0v) is 12.1. The van der Waals surface area contributed by atoms with Gasteiger partial charge in [0, 0.05) is 0 Å². The Hall–Kier alpha value is -1.93. The smallest absolute Gasteiger partial charge is 0.267 e. The van der Waals surface area contributed by atoms with E-state index in [0.29, 0.717) is 23.1 Å². The van der Waals surface area contributed by atoms with Crippen LogP contribution in [0, 0.1) is 0 Å². The summed E-state index contributed by atoms with van der Waals surface area (Å²) in [5.41, 5.74) is 5.80. The van der Waals surface area contributed by atoms with E-state index in [9.17, 15) is 8.42 Å². The van der Waals surface area contributed by atoms with Crippen molar-refractivity contribution in [3.05, 3.63) is 29.4 Å². The molecule has 0 radical (unpaired) electrons. The maximum atomic E-state index is 12.1. The van der Waals surface area contributed by atoms with Crippen molar-refractivity contribution >= 4 is 33.1 Å². The zero-order valence-electron chi connectivity index (χ0n) is 10.6. The summed E-state index contributed by atoms with van der Waals surface area (Å²) in [5.74, 6) is 0.453. The van der Waals surface area contributed by atoms with Gasteiger partial charge in [0.15, 0.2) is 0 Å². The summed E-state index contributed by atoms with van der Waals surface area (Å²) >= 11 is 5.99. The van der Waals surface area contributed by atoms with Crippen molar-refractivity contribution < 1.29 is 13.2 Å². The lowest BCUT2D eigenvalue weighted by Crippen LogP contribution is -2.13. The van der Waals surface area contributed by atoms with Gasteiger partial charge in [0.25, 0.3) is 10.0 Å². The van der Waals surface area contributed by atoms with Crippen LogP contribution >= 0.6 is 11.6 Å². The molecule has 0 saturated heterocycles. The topological polar surface area (TPSA) is 110 Å². The molecule has 0 aliphatic carbocycles. The van der Waals surface area contributed by atoms with Crippen LogP contribution in [0.1, 0.15) is 6.92 Å². The summed E-state index contributed by atoms with van der Waals surface area (Å²) in [5, 5.41) is 6.24. The van der Waals surface area contributed by atoms with Gasteiger partial charge in [-0.15, -0.1) is 0 Å². The number of ether oxygens (including phenoxy) is 1. The molecule has 0 aliphatic rings. The van der Waals surface area contributed by atoms with Crippen LogP contribution in [0.15, 0.2) is 29.3 Å². The number of aromatic nitrogens is 2. The average molecular weight is 317 g/mol. The molecule has 0 unspecified atom stereocenters. The number of nitrogen functional groups attached to an aromatic ring is 1. The zero-order chi connectivity index (χ0) is 14.8. The van der Waals surface area contributed by atoms with E-state index in [1.54, 1.807) is 12.1 Å². The molecule has 0 atom stereocenters. The lowest BCUT2D eigenvalue weighted by molar-refractivity contribution is 0.340. The van der Waals surface area contributed by atoms with Crippen molar-refractivity contribution in [1.29, 1.82) is 0 Å². The molecular weight excluding hydrogens is 304 g/mol. The Morgan fingerprint density at radius 3 is 2.80 bits per heavy atom. The highest BCUT2D eigenvalue weighted by molar-refractivity contribution is 7.92. The predicted molar refractivity (Wildman–Crippen MR) is 76.4 cm³/mol. The van der Waals surface area contributed by atoms with Crippen molar-refractivity contribution in [2.24, 2.45) is 0 Å². The number of rotatable bonds is 5. The Bertz CT molecular complexity index is 714. The number of nitrogens with zero attached hydrogens (tertiary/aromatic N) is 1. The highest BCUT2D eigenvalue weighted by Crippen LogP contribution is 2.29. The van der Waals surface area contributed by atoms with Gasteiger partial charge < -0.3 is 10.5 Å². The van der Waals surface area contributed by atoms with Crippen LogP contribution in [0.2, 0.25) is 5.02 Å². The fraction of sp³-hybridized carbons (Fsp3) is 0.182. The Kier molecular flexibility index (Phi) is 4.05. The SMILES string of the molecule is CCOc1ccc(NS(=O)(=O)c2cn[nH]c2N)cc1Cl. The third-order valence-electron chi connectivity index (χ3n) is 2.41. The molecular formula is C11H13ClN4O3S. The quantitative estimate of drug-likeness (QED) is 0.779. The first-order valence-corrected chi connectivity index (χ1v) is 7.54. The molecule has 0 bridgehead atoms. The summed E-state index contributed by atoms with van der Waals surface area (Å²) in [4.78, 5) is -0.123. The Labute approximate surface area is 121 Å². The van der Waals surface area contributed by atoms with Crippen molar-refractivity contribution in [2.75, 3.05) is 17.1 Å². The minimum atomic E-state index is -3.81. The summed E-state index contributed by atoms with van der Waals surface area (Å²) in [6.07, 6.45) is 1.13. The van der Waals surface area contributed by atoms with Crippen molar-refractivity contribution in [3.8, 4) is 5.75 Å². The highest BCUT2D eigenvalue weighted by Gasteiger charge is 2.19. The Morgan fingerprint density at radius 1 is 1.50 bits per heavy atom. The number of nitrogens with one attached hydrogen (secondary N) is 2. The standard InChI is InChI=1S/C11H13ClN4O3S/c1-2-19-9-4-3-7(5-8(9)12)16-20(17,18)10-6-14-15-11(10)13/h3-6,16H,2H2,1H3,(H3,13,14,15). The molecule has 20 heavy (non-hydrogen) atoms. The molecule has 1 aromatic carbocycles. The van der Waals surface area contributed by atoms with E-state index in [1.165, 1.54) is 6.07 Å². The Balaban J connectivity index is 2.26. The van der Waals surface area contributed by atoms with Gasteiger partial charge in [-0.05, 0) is 25.1 Å². The van der Waals surface area contributed by atoms with E-state index < -0.39 is 10.0 Å². The maximum Gasteiger partial charge on any atom is 0.267 e. The van der Waals surface area contributed by atoms with Gasteiger partial charge in [0.2, 0.25) is 0 Å². The summed E-state index contributed by atoms with van der Waals surface area (Å²) in [6.45, 7) is 2.30. The minimum absolute atomic E-state index is 0.0328. The molecule has 4 N–H and O–H groups in total. The molecule has 1 aromatic heterocycles. The molecule has 2 rings (SSSR count). The van der Waals surface area contributed by atoms with Crippen LogP contribution in [0.25, 0.3) is 0 Å². The first kappa shape index (κ1) is 14.5. The van der Waals surface area contributed by atoms with Gasteiger partial charge >= 0.3 is 0 Å². The molecule has 0 spiro atoms. The molecule has 9 heteroatoms. The normalized spacial score (nSPS) is 11.3. The summed E-state index contributed by atoms with van der Waals surface area (Å²) < 4.78 is 31.8. The monoisotopic (exact) mass is 316 g/mol. The third-order valence-corrected chi connectivity index (χ3v) is 4.11. The number of sulfonamides is 1. The first-order valence-electron chi connectivity index (χ1n) is 5.68. The molecule has 0 amide bonds. The number of anilines is 2. The molecule has 0 saturated carbocycles. The number of hydrogen-bond acceptors (Lipinski definition) is 5. The second-order valence-corrected chi connectivity index (χ2v) is 5.89. The molecule has 2 aromatic rings. The first-order chi connectivity index (χ1) is 9.44. The number of H-pyrrole nitrogens is 1. The van der Waals surface area contributed by atoms with E-state index in [1.807, 2.05) is 6.92 Å². The van der Waals surface area contributed by atoms with Crippen LogP contribution in [0.3, 0.4) is 0 Å². The van der Waals surface area contributed by atoms with Gasteiger partial charge in [-0.3, -0.25) is 9.82 Å². The number of hydrogen-bond donors (Lipinski definition) is 3. The predicted octanol–water partition coefficient (Wildman–Crippen LogP) is 1.84. The van der Waals surface area contributed by atoms with Crippen molar-refractivity contribution in [3.63, 3.8) is 0 Å². The van der Waals surface area contributed by atoms with Crippen molar-refractivity contribution in [2.45, 2.75) is 11.8 Å². The number of benzene rings is 1. The van der Waals surface area contributed by atoms with Crippen LogP contribution in [-0.4, -0.2) is 25.2 Å². The highest BCUT2D eigenvalue weighted by atomic mass is 35.5. The van der Waals surface area contributed by atoms with Crippen molar-refractivity contribution in [1.82, 2.24) is 10.2 Å². The third kappa shape index (κ3) is 2.97. The molecule has 7 nitrogen and oxygen atoms in total. The fourth-order valence-corrected chi connectivity index (χ4v) is 2.86. The van der Waals surface area contributed by atoms with Crippen LogP contribution in [0.4, 0.5) is 11.5 Å². The summed E-state index contributed by atoms with van der Waals surface area (Å²) in [7, 11) is -3.81. The van der Waals surface area contributed by atoms with E-state index in [2.05, 4.69) is 14.9 Å². The van der Waals surface area contributed by atoms with E-state index in [0.717, 1.165) is 6.20 Å². The minimum Gasteiger partial charge on any atom is -0.492 e. The van der Waals surface area contributed by atoms with Gasteiger partial charge in [-0.25, -0.2) is 8.42 Å². The second-order valence-electron chi connectivity index (χ2n) is 3.83. The largest absolute Gasteiger partial charge is 0.492 e. The molecule has 108 valence electrons. The van der Waals surface area contributed by atoms with Gasteiger partial charge in [-0.1, -0.05) is 11.6 Å². The van der Waals surface area contributed by atoms with Crippen LogP contribution < -0.4 is 15.2 Å². The average Bonchev–Trinajstić information content (AvgIpc) is 2.79. The molecule has 0 fully saturated rings. The maximum absolute atomic E-state index is 12.1. The lowest BCUT2D eigenvalue weighted by Gasteiger charge is -2.10.